The number of ether oxygens (including phenoxy) is 1. The van der Waals surface area contributed by atoms with E-state index in [4.69, 9.17) is 9.84 Å². The Kier molecular flexibility index (Phi) is 5.74. The zero-order valence-electron chi connectivity index (χ0n) is 12.5. The van der Waals surface area contributed by atoms with Crippen LogP contribution >= 0.6 is 0 Å². The smallest absolute Gasteiger partial charge is 0.303 e. The van der Waals surface area contributed by atoms with Crippen LogP contribution in [-0.2, 0) is 4.79 Å². The number of carbonyl (C=O) groups excluding carboxylic acids is 1. The fourth-order valence-corrected chi connectivity index (χ4v) is 2.04. The average Bonchev–Trinajstić information content (AvgIpc) is 2.32. The summed E-state index contributed by atoms with van der Waals surface area (Å²) in [5.74, 6) is -0.305. The minimum absolute atomic E-state index is 0.0109. The number of benzene rings is 1. The first-order valence-corrected chi connectivity index (χ1v) is 6.84. The molecule has 1 N–H and O–H groups in total. The van der Waals surface area contributed by atoms with Crippen LogP contribution in [0, 0.1) is 13.8 Å². The lowest BCUT2D eigenvalue weighted by atomic mass is 9.97. The number of carbonyl (C=O) groups is 2. The SMILES string of the molecule is Cc1ccc(C)c(C(=O)CCCC(=O)O)c1OC(C)C. The summed E-state index contributed by atoms with van der Waals surface area (Å²) in [5.41, 5.74) is 2.38. The molecule has 0 heterocycles. The van der Waals surface area contributed by atoms with Gasteiger partial charge in [-0.15, -0.1) is 0 Å². The van der Waals surface area contributed by atoms with E-state index in [1.165, 1.54) is 0 Å². The van der Waals surface area contributed by atoms with Crippen molar-refractivity contribution in [2.75, 3.05) is 0 Å². The second kappa shape index (κ2) is 7.08. The fourth-order valence-electron chi connectivity index (χ4n) is 2.04. The van der Waals surface area contributed by atoms with Gasteiger partial charge in [-0.2, -0.15) is 0 Å². The highest BCUT2D eigenvalue weighted by atomic mass is 16.5. The monoisotopic (exact) mass is 278 g/mol. The van der Waals surface area contributed by atoms with E-state index in [0.29, 0.717) is 17.7 Å². The lowest BCUT2D eigenvalue weighted by molar-refractivity contribution is -0.137. The summed E-state index contributed by atoms with van der Waals surface area (Å²) in [5, 5.41) is 8.63. The molecule has 0 fully saturated rings. The lowest BCUT2D eigenvalue weighted by Crippen LogP contribution is -2.13. The second-order valence-corrected chi connectivity index (χ2v) is 5.24. The van der Waals surface area contributed by atoms with Crippen molar-refractivity contribution in [1.82, 2.24) is 0 Å². The molecule has 0 atom stereocenters. The minimum atomic E-state index is -0.877. The van der Waals surface area contributed by atoms with Gasteiger partial charge < -0.3 is 9.84 Å². The van der Waals surface area contributed by atoms with Gasteiger partial charge in [0.25, 0.3) is 0 Å². The molecule has 4 heteroatoms. The molecule has 110 valence electrons. The Balaban J connectivity index is 2.99. The van der Waals surface area contributed by atoms with Crippen LogP contribution in [0.5, 0.6) is 5.75 Å². The van der Waals surface area contributed by atoms with Gasteiger partial charge in [0.05, 0.1) is 11.7 Å². The number of carboxylic acid groups (broad SMARTS) is 1. The van der Waals surface area contributed by atoms with Gasteiger partial charge in [0.1, 0.15) is 5.75 Å². The molecule has 1 aromatic carbocycles. The van der Waals surface area contributed by atoms with Gasteiger partial charge in [0.15, 0.2) is 5.78 Å². The first-order valence-electron chi connectivity index (χ1n) is 6.84. The maximum atomic E-state index is 12.3. The van der Waals surface area contributed by atoms with Crippen LogP contribution in [-0.4, -0.2) is 23.0 Å². The van der Waals surface area contributed by atoms with Crippen molar-refractivity contribution in [2.45, 2.75) is 53.1 Å². The fraction of sp³-hybridized carbons (Fsp3) is 0.500. The van der Waals surface area contributed by atoms with Crippen LogP contribution in [0.3, 0.4) is 0 Å². The van der Waals surface area contributed by atoms with E-state index in [0.717, 1.165) is 11.1 Å². The molecule has 0 amide bonds. The first kappa shape index (κ1) is 16.2. The van der Waals surface area contributed by atoms with Crippen molar-refractivity contribution in [3.05, 3.63) is 28.8 Å². The number of rotatable bonds is 7. The summed E-state index contributed by atoms with van der Waals surface area (Å²) < 4.78 is 5.77. The maximum absolute atomic E-state index is 12.3. The Bertz CT molecular complexity index is 503. The largest absolute Gasteiger partial charge is 0.490 e. The predicted octanol–water partition coefficient (Wildman–Crippen LogP) is 3.53. The molecule has 0 aliphatic heterocycles. The highest BCUT2D eigenvalue weighted by molar-refractivity contribution is 6.00. The van der Waals surface area contributed by atoms with Crippen molar-refractivity contribution in [2.24, 2.45) is 0 Å². The van der Waals surface area contributed by atoms with Crippen LogP contribution in [0.2, 0.25) is 0 Å². The summed E-state index contributed by atoms with van der Waals surface area (Å²) in [6.07, 6.45) is 0.575. The molecule has 1 aromatic rings. The van der Waals surface area contributed by atoms with Crippen LogP contribution < -0.4 is 4.74 Å². The Morgan fingerprint density at radius 3 is 2.30 bits per heavy atom. The number of Topliss-reactive ketones (excluding diaryl/α,β-unsaturated/α-hetero) is 1. The van der Waals surface area contributed by atoms with Gasteiger partial charge in [-0.05, 0) is 45.2 Å². The molecule has 0 aliphatic rings. The van der Waals surface area contributed by atoms with Crippen molar-refractivity contribution < 1.29 is 19.4 Å². The summed E-state index contributed by atoms with van der Waals surface area (Å²) in [6.45, 7) is 7.61. The Morgan fingerprint density at radius 2 is 1.75 bits per heavy atom. The molecule has 0 saturated carbocycles. The summed E-state index contributed by atoms with van der Waals surface area (Å²) in [6, 6.07) is 3.83. The summed E-state index contributed by atoms with van der Waals surface area (Å²) in [4.78, 5) is 22.8. The zero-order valence-corrected chi connectivity index (χ0v) is 12.5. The van der Waals surface area contributed by atoms with E-state index in [2.05, 4.69) is 0 Å². The quantitative estimate of drug-likeness (QED) is 0.775. The number of hydrogen-bond donors (Lipinski definition) is 1. The van der Waals surface area contributed by atoms with Gasteiger partial charge in [0.2, 0.25) is 0 Å². The molecule has 1 rings (SSSR count). The molecule has 0 spiro atoms. The van der Waals surface area contributed by atoms with Crippen LogP contribution in [0.15, 0.2) is 12.1 Å². The van der Waals surface area contributed by atoms with E-state index in [1.54, 1.807) is 0 Å². The highest BCUT2D eigenvalue weighted by Gasteiger charge is 2.18. The van der Waals surface area contributed by atoms with Crippen molar-refractivity contribution in [1.29, 1.82) is 0 Å². The van der Waals surface area contributed by atoms with Crippen LogP contribution in [0.25, 0.3) is 0 Å². The molecule has 0 unspecified atom stereocenters. The van der Waals surface area contributed by atoms with Crippen molar-refractivity contribution in [3.63, 3.8) is 0 Å². The number of aliphatic carboxylic acids is 1. The Labute approximate surface area is 119 Å². The maximum Gasteiger partial charge on any atom is 0.303 e. The average molecular weight is 278 g/mol. The van der Waals surface area contributed by atoms with Gasteiger partial charge in [-0.3, -0.25) is 9.59 Å². The Hall–Kier alpha value is -1.84. The molecule has 4 nitrogen and oxygen atoms in total. The van der Waals surface area contributed by atoms with Crippen molar-refractivity contribution >= 4 is 11.8 Å². The zero-order chi connectivity index (χ0) is 15.3. The molecule has 0 aromatic heterocycles. The Morgan fingerprint density at radius 1 is 1.15 bits per heavy atom. The normalized spacial score (nSPS) is 10.7. The van der Waals surface area contributed by atoms with Gasteiger partial charge in [0, 0.05) is 12.8 Å². The summed E-state index contributed by atoms with van der Waals surface area (Å²) >= 11 is 0. The van der Waals surface area contributed by atoms with E-state index >= 15 is 0 Å². The van der Waals surface area contributed by atoms with E-state index in [1.807, 2.05) is 39.8 Å². The molecule has 0 bridgehead atoms. The van der Waals surface area contributed by atoms with Crippen LogP contribution in [0.1, 0.15) is 54.6 Å². The molecular formula is C16H22O4. The third-order valence-electron chi connectivity index (χ3n) is 2.99. The number of carboxylic acids is 1. The third kappa shape index (κ3) is 4.37. The van der Waals surface area contributed by atoms with Gasteiger partial charge in [-0.1, -0.05) is 12.1 Å². The molecule has 0 radical (unpaired) electrons. The van der Waals surface area contributed by atoms with Gasteiger partial charge in [-0.25, -0.2) is 0 Å². The molecular weight excluding hydrogens is 256 g/mol. The minimum Gasteiger partial charge on any atom is -0.490 e. The standard InChI is InChI=1S/C16H22O4/c1-10(2)20-16-12(4)9-8-11(3)15(16)13(17)6-5-7-14(18)19/h8-10H,5-7H2,1-4H3,(H,18,19). The number of ketones is 1. The van der Waals surface area contributed by atoms with Crippen LogP contribution in [0.4, 0.5) is 0 Å². The number of hydrogen-bond acceptors (Lipinski definition) is 3. The third-order valence-corrected chi connectivity index (χ3v) is 2.99. The molecule has 0 saturated heterocycles. The van der Waals surface area contributed by atoms with E-state index in [-0.39, 0.29) is 24.7 Å². The van der Waals surface area contributed by atoms with Crippen molar-refractivity contribution in [3.8, 4) is 5.75 Å². The van der Waals surface area contributed by atoms with E-state index in [9.17, 15) is 9.59 Å². The summed E-state index contributed by atoms with van der Waals surface area (Å²) in [7, 11) is 0. The molecule has 20 heavy (non-hydrogen) atoms. The lowest BCUT2D eigenvalue weighted by Gasteiger charge is -2.18. The first-order chi connectivity index (χ1) is 9.32. The molecule has 0 aliphatic carbocycles. The highest BCUT2D eigenvalue weighted by Crippen LogP contribution is 2.29. The second-order valence-electron chi connectivity index (χ2n) is 5.24. The predicted molar refractivity (Wildman–Crippen MR) is 77.5 cm³/mol. The number of aryl methyl sites for hydroxylation is 2. The van der Waals surface area contributed by atoms with Gasteiger partial charge >= 0.3 is 5.97 Å². The topological polar surface area (TPSA) is 63.6 Å². The van der Waals surface area contributed by atoms with E-state index < -0.39 is 5.97 Å².